The monoisotopic (exact) mass is 236 g/mol. The molecule has 1 fully saturated rings. The van der Waals surface area contributed by atoms with Crippen molar-refractivity contribution in [2.24, 2.45) is 5.73 Å². The zero-order chi connectivity index (χ0) is 12.1. The minimum atomic E-state index is -0.489. The molecule has 0 radical (unpaired) electrons. The van der Waals surface area contributed by atoms with Crippen molar-refractivity contribution >= 4 is 5.91 Å². The standard InChI is InChI=1S/C12H20N4O/c13-11(6-10-7-14-8-15-10)12(17)16-9-4-2-1-3-5-9/h7-9,11H,1-6,13H2,(H,14,15)(H,16,17). The molecule has 1 unspecified atom stereocenters. The van der Waals surface area contributed by atoms with Gasteiger partial charge in [-0.05, 0) is 12.8 Å². The predicted octanol–water partition coefficient (Wildman–Crippen LogP) is 0.728. The molecular weight excluding hydrogens is 216 g/mol. The first-order chi connectivity index (χ1) is 8.25. The zero-order valence-electron chi connectivity index (χ0n) is 9.98. The van der Waals surface area contributed by atoms with E-state index in [4.69, 9.17) is 5.73 Å². The largest absolute Gasteiger partial charge is 0.352 e. The summed E-state index contributed by atoms with van der Waals surface area (Å²) in [5, 5.41) is 3.03. The Morgan fingerprint density at radius 1 is 1.53 bits per heavy atom. The molecule has 1 atom stereocenters. The summed E-state index contributed by atoms with van der Waals surface area (Å²) in [5.41, 5.74) is 6.77. The van der Waals surface area contributed by atoms with Crippen LogP contribution < -0.4 is 11.1 Å². The van der Waals surface area contributed by atoms with Gasteiger partial charge in [0.1, 0.15) is 0 Å². The van der Waals surface area contributed by atoms with Crippen LogP contribution in [0.2, 0.25) is 0 Å². The van der Waals surface area contributed by atoms with Crippen molar-refractivity contribution in [3.8, 4) is 0 Å². The first-order valence-electron chi connectivity index (χ1n) is 6.29. The summed E-state index contributed by atoms with van der Waals surface area (Å²) in [6.45, 7) is 0. The van der Waals surface area contributed by atoms with E-state index in [0.29, 0.717) is 12.5 Å². The van der Waals surface area contributed by atoms with Gasteiger partial charge in [0.15, 0.2) is 0 Å². The lowest BCUT2D eigenvalue weighted by atomic mass is 9.95. The number of amides is 1. The Hall–Kier alpha value is -1.36. The molecule has 5 heteroatoms. The maximum Gasteiger partial charge on any atom is 0.237 e. The number of imidazole rings is 1. The Morgan fingerprint density at radius 3 is 2.94 bits per heavy atom. The fourth-order valence-corrected chi connectivity index (χ4v) is 2.28. The van der Waals surface area contributed by atoms with E-state index < -0.39 is 6.04 Å². The molecule has 0 bridgehead atoms. The Kier molecular flexibility index (Phi) is 4.14. The number of H-pyrrole nitrogens is 1. The average molecular weight is 236 g/mol. The van der Waals surface area contributed by atoms with Crippen LogP contribution in [0.4, 0.5) is 0 Å². The van der Waals surface area contributed by atoms with Gasteiger partial charge in [-0.3, -0.25) is 4.79 Å². The average Bonchev–Trinajstić information content (AvgIpc) is 2.83. The van der Waals surface area contributed by atoms with Crippen molar-refractivity contribution in [3.63, 3.8) is 0 Å². The summed E-state index contributed by atoms with van der Waals surface area (Å²) in [6, 6.07) is -0.165. The van der Waals surface area contributed by atoms with E-state index in [9.17, 15) is 4.79 Å². The van der Waals surface area contributed by atoms with E-state index in [1.54, 1.807) is 12.5 Å². The smallest absolute Gasteiger partial charge is 0.237 e. The van der Waals surface area contributed by atoms with E-state index in [0.717, 1.165) is 18.5 Å². The van der Waals surface area contributed by atoms with Crippen molar-refractivity contribution in [2.45, 2.75) is 50.6 Å². The maximum atomic E-state index is 11.9. The van der Waals surface area contributed by atoms with Crippen molar-refractivity contribution in [2.75, 3.05) is 0 Å². The molecular formula is C12H20N4O. The Balaban J connectivity index is 1.78. The number of hydrogen-bond donors (Lipinski definition) is 3. The minimum absolute atomic E-state index is 0.0495. The number of rotatable bonds is 4. The molecule has 1 amide bonds. The van der Waals surface area contributed by atoms with Gasteiger partial charge in [0.2, 0.25) is 5.91 Å². The number of nitrogens with two attached hydrogens (primary N) is 1. The lowest BCUT2D eigenvalue weighted by Crippen LogP contribution is -2.47. The van der Waals surface area contributed by atoms with Crippen LogP contribution in [0, 0.1) is 0 Å². The Bertz CT molecular complexity index is 343. The SMILES string of the molecule is NC(Cc1cnc[nH]1)C(=O)NC1CCCCC1. The number of nitrogens with one attached hydrogen (secondary N) is 2. The molecule has 17 heavy (non-hydrogen) atoms. The number of nitrogens with zero attached hydrogens (tertiary/aromatic N) is 1. The second kappa shape index (κ2) is 5.82. The normalized spacial score (nSPS) is 18.9. The number of carbonyl (C=O) groups is 1. The highest BCUT2D eigenvalue weighted by Crippen LogP contribution is 2.17. The highest BCUT2D eigenvalue weighted by atomic mass is 16.2. The number of aromatic amines is 1. The second-order valence-corrected chi connectivity index (χ2v) is 4.73. The second-order valence-electron chi connectivity index (χ2n) is 4.73. The number of carbonyl (C=O) groups excluding carboxylic acids is 1. The molecule has 1 aliphatic carbocycles. The molecule has 0 aromatic carbocycles. The van der Waals surface area contributed by atoms with Crippen LogP contribution in [0.3, 0.4) is 0 Å². The van der Waals surface area contributed by atoms with Crippen LogP contribution in [0.15, 0.2) is 12.5 Å². The van der Waals surface area contributed by atoms with E-state index in [2.05, 4.69) is 15.3 Å². The molecule has 0 saturated heterocycles. The van der Waals surface area contributed by atoms with Crippen molar-refractivity contribution < 1.29 is 4.79 Å². The van der Waals surface area contributed by atoms with Gasteiger partial charge < -0.3 is 16.0 Å². The zero-order valence-corrected chi connectivity index (χ0v) is 9.98. The molecule has 0 spiro atoms. The van der Waals surface area contributed by atoms with Gasteiger partial charge in [-0.25, -0.2) is 4.98 Å². The third-order valence-corrected chi connectivity index (χ3v) is 3.28. The van der Waals surface area contributed by atoms with Crippen LogP contribution in [0.25, 0.3) is 0 Å². The molecule has 5 nitrogen and oxygen atoms in total. The summed E-state index contributed by atoms with van der Waals surface area (Å²) in [7, 11) is 0. The molecule has 94 valence electrons. The highest BCUT2D eigenvalue weighted by Gasteiger charge is 2.20. The lowest BCUT2D eigenvalue weighted by Gasteiger charge is -2.24. The van der Waals surface area contributed by atoms with E-state index in [-0.39, 0.29) is 5.91 Å². The van der Waals surface area contributed by atoms with Gasteiger partial charge in [0.25, 0.3) is 0 Å². The molecule has 1 saturated carbocycles. The maximum absolute atomic E-state index is 11.9. The third-order valence-electron chi connectivity index (χ3n) is 3.28. The van der Waals surface area contributed by atoms with Gasteiger partial charge in [-0.1, -0.05) is 19.3 Å². The van der Waals surface area contributed by atoms with Crippen molar-refractivity contribution in [1.29, 1.82) is 0 Å². The topological polar surface area (TPSA) is 83.8 Å². The van der Waals surface area contributed by atoms with Crippen molar-refractivity contribution in [1.82, 2.24) is 15.3 Å². The Labute approximate surface area is 101 Å². The summed E-state index contributed by atoms with van der Waals surface area (Å²) < 4.78 is 0. The molecule has 1 aliphatic rings. The molecule has 2 rings (SSSR count). The number of hydrogen-bond acceptors (Lipinski definition) is 3. The Morgan fingerprint density at radius 2 is 2.29 bits per heavy atom. The summed E-state index contributed by atoms with van der Waals surface area (Å²) in [6.07, 6.45) is 9.69. The van der Waals surface area contributed by atoms with Crippen LogP contribution in [-0.4, -0.2) is 28.0 Å². The van der Waals surface area contributed by atoms with Crippen molar-refractivity contribution in [3.05, 3.63) is 18.2 Å². The van der Waals surface area contributed by atoms with Crippen LogP contribution in [-0.2, 0) is 11.2 Å². The fraction of sp³-hybridized carbons (Fsp3) is 0.667. The molecule has 1 aromatic heterocycles. The quantitative estimate of drug-likeness (QED) is 0.720. The summed E-state index contributed by atoms with van der Waals surface area (Å²) >= 11 is 0. The molecule has 4 N–H and O–H groups in total. The van der Waals surface area contributed by atoms with Crippen LogP contribution in [0.5, 0.6) is 0 Å². The minimum Gasteiger partial charge on any atom is -0.352 e. The van der Waals surface area contributed by atoms with E-state index in [1.165, 1.54) is 19.3 Å². The molecule has 1 heterocycles. The van der Waals surface area contributed by atoms with Gasteiger partial charge in [0, 0.05) is 24.4 Å². The van der Waals surface area contributed by atoms with E-state index >= 15 is 0 Å². The van der Waals surface area contributed by atoms with Gasteiger partial charge in [-0.15, -0.1) is 0 Å². The summed E-state index contributed by atoms with van der Waals surface area (Å²) in [5.74, 6) is -0.0495. The molecule has 0 aliphatic heterocycles. The first kappa shape index (κ1) is 12.1. The highest BCUT2D eigenvalue weighted by molar-refractivity contribution is 5.82. The van der Waals surface area contributed by atoms with Gasteiger partial charge >= 0.3 is 0 Å². The van der Waals surface area contributed by atoms with Crippen LogP contribution in [0.1, 0.15) is 37.8 Å². The predicted molar refractivity (Wildman–Crippen MR) is 65.3 cm³/mol. The summed E-state index contributed by atoms with van der Waals surface area (Å²) in [4.78, 5) is 18.7. The number of aromatic nitrogens is 2. The third kappa shape index (κ3) is 3.56. The first-order valence-corrected chi connectivity index (χ1v) is 6.29. The van der Waals surface area contributed by atoms with Gasteiger partial charge in [0.05, 0.1) is 12.4 Å². The molecule has 1 aromatic rings. The van der Waals surface area contributed by atoms with E-state index in [1.807, 2.05) is 0 Å². The lowest BCUT2D eigenvalue weighted by molar-refractivity contribution is -0.123. The fourth-order valence-electron chi connectivity index (χ4n) is 2.28. The van der Waals surface area contributed by atoms with Crippen LogP contribution >= 0.6 is 0 Å². The van der Waals surface area contributed by atoms with Gasteiger partial charge in [-0.2, -0.15) is 0 Å².